The number of rotatable bonds is 2. The van der Waals surface area contributed by atoms with Crippen molar-refractivity contribution in [3.63, 3.8) is 0 Å². The van der Waals surface area contributed by atoms with Gasteiger partial charge in [-0.3, -0.25) is 9.78 Å². The number of H-pyrrole nitrogens is 1. The number of anilines is 2. The molecule has 1 aliphatic heterocycles. The van der Waals surface area contributed by atoms with Gasteiger partial charge in [0.1, 0.15) is 5.39 Å². The number of nitrogens with zero attached hydrogens (tertiary/aromatic N) is 5. The van der Waals surface area contributed by atoms with Gasteiger partial charge in [0.05, 0.1) is 17.3 Å². The van der Waals surface area contributed by atoms with Gasteiger partial charge < -0.3 is 9.80 Å². The van der Waals surface area contributed by atoms with Crippen LogP contribution in [0.5, 0.6) is 0 Å². The van der Waals surface area contributed by atoms with Gasteiger partial charge >= 0.3 is 6.18 Å². The van der Waals surface area contributed by atoms with Crippen LogP contribution in [-0.4, -0.2) is 45.9 Å². The number of hydrogen-bond donors (Lipinski definition) is 1. The van der Waals surface area contributed by atoms with E-state index in [9.17, 15) is 18.0 Å². The van der Waals surface area contributed by atoms with E-state index < -0.39 is 11.7 Å². The molecule has 1 aliphatic rings. The lowest BCUT2D eigenvalue weighted by molar-refractivity contribution is -0.137. The molecule has 10 heteroatoms. The smallest absolute Gasteiger partial charge is 0.368 e. The second-order valence-corrected chi connectivity index (χ2v) is 8.38. The van der Waals surface area contributed by atoms with E-state index in [0.29, 0.717) is 48.8 Å². The molecule has 0 amide bonds. The van der Waals surface area contributed by atoms with Crippen molar-refractivity contribution in [1.29, 1.82) is 0 Å². The Morgan fingerprint density at radius 2 is 1.70 bits per heavy atom. The molecule has 2 aromatic heterocycles. The topological polar surface area (TPSA) is 70.1 Å². The lowest BCUT2D eigenvalue weighted by Crippen LogP contribution is -2.47. The van der Waals surface area contributed by atoms with Gasteiger partial charge in [0.2, 0.25) is 5.95 Å². The minimum atomic E-state index is -4.37. The molecule has 0 atom stereocenters. The summed E-state index contributed by atoms with van der Waals surface area (Å²) < 4.78 is 40.7. The monoisotopic (exact) mass is 420 g/mol. The molecule has 0 bridgehead atoms. The zero-order chi connectivity index (χ0) is 21.7. The van der Waals surface area contributed by atoms with Gasteiger partial charge in [-0.25, -0.2) is 4.68 Å². The first kappa shape index (κ1) is 20.2. The van der Waals surface area contributed by atoms with Crippen LogP contribution in [0.25, 0.3) is 11.0 Å². The van der Waals surface area contributed by atoms with E-state index in [2.05, 4.69) is 15.1 Å². The summed E-state index contributed by atoms with van der Waals surface area (Å²) in [6, 6.07) is 5.34. The van der Waals surface area contributed by atoms with Crippen molar-refractivity contribution >= 4 is 22.7 Å². The summed E-state index contributed by atoms with van der Waals surface area (Å²) >= 11 is 0. The predicted octanol–water partition coefficient (Wildman–Crippen LogP) is 3.22. The summed E-state index contributed by atoms with van der Waals surface area (Å²) in [6.45, 7) is 8.02. The normalized spacial score (nSPS) is 15.8. The molecule has 0 saturated carbocycles. The average Bonchev–Trinajstić information content (AvgIpc) is 3.13. The van der Waals surface area contributed by atoms with Gasteiger partial charge in [0, 0.05) is 31.9 Å². The van der Waals surface area contributed by atoms with E-state index in [1.54, 1.807) is 10.7 Å². The van der Waals surface area contributed by atoms with Crippen molar-refractivity contribution in [1.82, 2.24) is 19.7 Å². The Hall–Kier alpha value is -3.04. The number of halogens is 3. The molecule has 0 radical (unpaired) electrons. The first-order valence-electron chi connectivity index (χ1n) is 9.70. The third-order valence-electron chi connectivity index (χ3n) is 5.18. The van der Waals surface area contributed by atoms with Crippen LogP contribution in [-0.2, 0) is 11.7 Å². The van der Waals surface area contributed by atoms with Gasteiger partial charge in [-0.05, 0) is 39.0 Å². The summed E-state index contributed by atoms with van der Waals surface area (Å²) in [4.78, 5) is 23.8. The zero-order valence-electron chi connectivity index (χ0n) is 17.0. The molecule has 3 aromatic rings. The number of fused-ring (bicyclic) bond motifs is 1. The molecule has 1 fully saturated rings. The molecule has 4 rings (SSSR count). The van der Waals surface area contributed by atoms with E-state index in [0.717, 1.165) is 6.07 Å². The minimum absolute atomic E-state index is 0.259. The first-order chi connectivity index (χ1) is 14.0. The minimum Gasteiger partial charge on any atom is -0.368 e. The summed E-state index contributed by atoms with van der Waals surface area (Å²) in [5.74, 6) is 0.446. The van der Waals surface area contributed by atoms with Crippen LogP contribution in [0.15, 0.2) is 35.3 Å². The number of alkyl halides is 3. The second kappa shape index (κ2) is 7.03. The van der Waals surface area contributed by atoms with E-state index in [4.69, 9.17) is 0 Å². The number of aromatic nitrogens is 4. The van der Waals surface area contributed by atoms with Crippen LogP contribution in [0.2, 0.25) is 0 Å². The molecule has 1 N–H and O–H groups in total. The van der Waals surface area contributed by atoms with Gasteiger partial charge in [0.25, 0.3) is 5.56 Å². The van der Waals surface area contributed by atoms with Crippen LogP contribution in [0.1, 0.15) is 26.3 Å². The summed E-state index contributed by atoms with van der Waals surface area (Å²) in [5, 5.41) is 4.74. The van der Waals surface area contributed by atoms with Crippen LogP contribution < -0.4 is 15.4 Å². The third kappa shape index (κ3) is 3.73. The Labute approximate surface area is 171 Å². The van der Waals surface area contributed by atoms with Crippen molar-refractivity contribution in [3.8, 4) is 0 Å². The number of hydrogen-bond acceptors (Lipinski definition) is 5. The van der Waals surface area contributed by atoms with E-state index in [-0.39, 0.29) is 11.1 Å². The highest BCUT2D eigenvalue weighted by Gasteiger charge is 2.31. The second-order valence-electron chi connectivity index (χ2n) is 8.38. The maximum atomic E-state index is 13.0. The molecule has 0 spiro atoms. The Bertz CT molecular complexity index is 1120. The fourth-order valence-corrected chi connectivity index (χ4v) is 3.60. The summed E-state index contributed by atoms with van der Waals surface area (Å²) in [7, 11) is 0. The SMILES string of the molecule is CC(C)(C)n1ncc2c(=O)[nH]c(N3CCN(c4cccc(C(F)(F)F)c4)CC3)nc21. The molecule has 30 heavy (non-hydrogen) atoms. The van der Waals surface area contributed by atoms with Crippen LogP contribution >= 0.6 is 0 Å². The Morgan fingerprint density at radius 3 is 2.33 bits per heavy atom. The predicted molar refractivity (Wildman–Crippen MR) is 109 cm³/mol. The molecule has 1 saturated heterocycles. The van der Waals surface area contributed by atoms with Crippen molar-refractivity contribution in [2.45, 2.75) is 32.5 Å². The lowest BCUT2D eigenvalue weighted by Gasteiger charge is -2.36. The largest absolute Gasteiger partial charge is 0.416 e. The Balaban J connectivity index is 1.56. The number of benzene rings is 1. The van der Waals surface area contributed by atoms with Crippen LogP contribution in [0, 0.1) is 0 Å². The fourth-order valence-electron chi connectivity index (χ4n) is 3.60. The lowest BCUT2D eigenvalue weighted by atomic mass is 10.1. The van der Waals surface area contributed by atoms with E-state index in [1.165, 1.54) is 18.3 Å². The molecule has 7 nitrogen and oxygen atoms in total. The van der Waals surface area contributed by atoms with Crippen LogP contribution in [0.3, 0.4) is 0 Å². The highest BCUT2D eigenvalue weighted by Crippen LogP contribution is 2.32. The third-order valence-corrected chi connectivity index (χ3v) is 5.18. The molecule has 0 unspecified atom stereocenters. The average molecular weight is 420 g/mol. The highest BCUT2D eigenvalue weighted by molar-refractivity contribution is 5.74. The summed E-state index contributed by atoms with van der Waals surface area (Å²) in [6.07, 6.45) is -2.85. The quantitative estimate of drug-likeness (QED) is 0.690. The molecular formula is C20H23F3N6O. The zero-order valence-corrected chi connectivity index (χ0v) is 17.0. The van der Waals surface area contributed by atoms with Gasteiger partial charge in [-0.15, -0.1) is 0 Å². The first-order valence-corrected chi connectivity index (χ1v) is 9.70. The molecule has 3 heterocycles. The Morgan fingerprint density at radius 1 is 1.03 bits per heavy atom. The maximum absolute atomic E-state index is 13.0. The van der Waals surface area contributed by atoms with Crippen molar-refractivity contribution in [3.05, 3.63) is 46.4 Å². The fraction of sp³-hybridized carbons (Fsp3) is 0.450. The number of piperazine rings is 1. The van der Waals surface area contributed by atoms with Gasteiger partial charge in [-0.1, -0.05) is 6.07 Å². The molecule has 0 aliphatic carbocycles. The van der Waals surface area contributed by atoms with E-state index >= 15 is 0 Å². The Kier molecular flexibility index (Phi) is 4.74. The van der Waals surface area contributed by atoms with Gasteiger partial charge in [-0.2, -0.15) is 23.3 Å². The number of aromatic amines is 1. The maximum Gasteiger partial charge on any atom is 0.416 e. The van der Waals surface area contributed by atoms with E-state index in [1.807, 2.05) is 30.6 Å². The van der Waals surface area contributed by atoms with Gasteiger partial charge in [0.15, 0.2) is 5.65 Å². The van der Waals surface area contributed by atoms with Crippen LogP contribution in [0.4, 0.5) is 24.8 Å². The molecule has 1 aromatic carbocycles. The summed E-state index contributed by atoms with van der Waals surface area (Å²) in [5.41, 5.74) is -0.198. The number of nitrogens with one attached hydrogen (secondary N) is 1. The highest BCUT2D eigenvalue weighted by atomic mass is 19.4. The van der Waals surface area contributed by atoms with Crippen molar-refractivity contribution in [2.24, 2.45) is 0 Å². The van der Waals surface area contributed by atoms with Crippen molar-refractivity contribution in [2.75, 3.05) is 36.0 Å². The van der Waals surface area contributed by atoms with Crippen molar-refractivity contribution < 1.29 is 13.2 Å². The molecular weight excluding hydrogens is 397 g/mol. The molecule has 160 valence electrons. The standard InChI is InChI=1S/C20H23F3N6O/c1-19(2,3)29-16-15(12-24-29)17(30)26-18(25-16)28-9-7-27(8-10-28)14-6-4-5-13(11-14)20(21,22)23/h4-6,11-12H,7-10H2,1-3H3,(H,25,26,30).